The monoisotopic (exact) mass is 276 g/mol. The summed E-state index contributed by atoms with van der Waals surface area (Å²) in [6.45, 7) is 7.63. The number of hydrogen-bond acceptors (Lipinski definition) is 2. The Morgan fingerprint density at radius 2 is 1.85 bits per heavy atom. The second-order valence-electron chi connectivity index (χ2n) is 7.15. The van der Waals surface area contributed by atoms with Crippen LogP contribution in [0.4, 0.5) is 0 Å². The summed E-state index contributed by atoms with van der Waals surface area (Å²) in [5.41, 5.74) is 0.346. The second kappa shape index (κ2) is 6.62. The summed E-state index contributed by atoms with van der Waals surface area (Å²) in [5.74, 6) is 2.02. The molecule has 0 spiro atoms. The van der Waals surface area contributed by atoms with Crippen molar-refractivity contribution in [2.45, 2.75) is 52.6 Å². The fourth-order valence-corrected chi connectivity index (χ4v) is 3.19. The van der Waals surface area contributed by atoms with Crippen LogP contribution < -0.4 is 4.74 Å². The fraction of sp³-hybridized carbons (Fsp3) is 0.667. The molecule has 1 aliphatic rings. The summed E-state index contributed by atoms with van der Waals surface area (Å²) < 4.78 is 5.77. The first-order valence-electron chi connectivity index (χ1n) is 7.82. The van der Waals surface area contributed by atoms with E-state index in [1.807, 2.05) is 30.3 Å². The SMILES string of the molecule is CC(C)(C)C1CCC(O)C(CCOc2ccccc2)C1. The molecule has 2 heteroatoms. The maximum Gasteiger partial charge on any atom is 0.119 e. The van der Waals surface area contributed by atoms with Gasteiger partial charge in [-0.25, -0.2) is 0 Å². The Labute approximate surface area is 123 Å². The van der Waals surface area contributed by atoms with Crippen molar-refractivity contribution in [2.24, 2.45) is 17.3 Å². The van der Waals surface area contributed by atoms with Crippen molar-refractivity contribution in [1.82, 2.24) is 0 Å². The lowest BCUT2D eigenvalue weighted by molar-refractivity contribution is 0.0105. The summed E-state index contributed by atoms with van der Waals surface area (Å²) in [6.07, 6.45) is 4.03. The fourth-order valence-electron chi connectivity index (χ4n) is 3.19. The third-order valence-electron chi connectivity index (χ3n) is 4.67. The molecule has 2 nitrogen and oxygen atoms in total. The van der Waals surface area contributed by atoms with Crippen molar-refractivity contribution in [1.29, 1.82) is 0 Å². The predicted molar refractivity (Wildman–Crippen MR) is 82.8 cm³/mol. The molecular weight excluding hydrogens is 248 g/mol. The lowest BCUT2D eigenvalue weighted by Gasteiger charge is -2.40. The molecule has 1 aromatic carbocycles. The first-order valence-corrected chi connectivity index (χ1v) is 7.82. The first-order chi connectivity index (χ1) is 9.47. The Bertz CT molecular complexity index is 394. The zero-order valence-electron chi connectivity index (χ0n) is 13.0. The van der Waals surface area contributed by atoms with Gasteiger partial charge in [-0.1, -0.05) is 39.0 Å². The standard InChI is InChI=1S/C18H28O2/c1-18(2,3)15-9-10-17(19)14(13-15)11-12-20-16-7-5-4-6-8-16/h4-8,14-15,17,19H,9-13H2,1-3H3. The van der Waals surface area contributed by atoms with Gasteiger partial charge < -0.3 is 9.84 Å². The Morgan fingerprint density at radius 1 is 1.15 bits per heavy atom. The van der Waals surface area contributed by atoms with Gasteiger partial charge in [-0.05, 0) is 55.1 Å². The third kappa shape index (κ3) is 4.24. The van der Waals surface area contributed by atoms with Gasteiger partial charge in [0, 0.05) is 0 Å². The predicted octanol–water partition coefficient (Wildman–Crippen LogP) is 4.28. The van der Waals surface area contributed by atoms with Gasteiger partial charge in [-0.2, -0.15) is 0 Å². The van der Waals surface area contributed by atoms with Crippen molar-refractivity contribution in [2.75, 3.05) is 6.61 Å². The lowest BCUT2D eigenvalue weighted by atomic mass is 9.67. The van der Waals surface area contributed by atoms with E-state index < -0.39 is 0 Å². The van der Waals surface area contributed by atoms with Crippen molar-refractivity contribution in [3.8, 4) is 5.75 Å². The van der Waals surface area contributed by atoms with Gasteiger partial charge in [-0.3, -0.25) is 0 Å². The van der Waals surface area contributed by atoms with E-state index >= 15 is 0 Å². The zero-order valence-corrected chi connectivity index (χ0v) is 13.0. The van der Waals surface area contributed by atoms with Crippen LogP contribution in [0.25, 0.3) is 0 Å². The molecule has 0 radical (unpaired) electrons. The van der Waals surface area contributed by atoms with Gasteiger partial charge in [0.15, 0.2) is 0 Å². The molecule has 0 aliphatic heterocycles. The normalized spacial score (nSPS) is 27.3. The van der Waals surface area contributed by atoms with Crippen LogP contribution in [-0.2, 0) is 0 Å². The van der Waals surface area contributed by atoms with Crippen molar-refractivity contribution in [3.63, 3.8) is 0 Å². The minimum atomic E-state index is -0.145. The number of aliphatic hydroxyl groups is 1. The van der Waals surface area contributed by atoms with Crippen LogP contribution in [0.15, 0.2) is 30.3 Å². The van der Waals surface area contributed by atoms with E-state index in [2.05, 4.69) is 20.8 Å². The lowest BCUT2D eigenvalue weighted by Crippen LogP contribution is -2.35. The molecule has 0 heterocycles. The molecule has 3 atom stereocenters. The summed E-state index contributed by atoms with van der Waals surface area (Å²) >= 11 is 0. The molecule has 0 saturated heterocycles. The molecule has 3 unspecified atom stereocenters. The van der Waals surface area contributed by atoms with Crippen LogP contribution in [0.2, 0.25) is 0 Å². The van der Waals surface area contributed by atoms with Crippen LogP contribution in [0, 0.1) is 17.3 Å². The van der Waals surface area contributed by atoms with Crippen LogP contribution in [0.1, 0.15) is 46.5 Å². The molecule has 1 aromatic rings. The number of hydrogen-bond donors (Lipinski definition) is 1. The average Bonchev–Trinajstić information content (AvgIpc) is 2.41. The van der Waals surface area contributed by atoms with Crippen molar-refractivity contribution < 1.29 is 9.84 Å². The van der Waals surface area contributed by atoms with Crippen molar-refractivity contribution in [3.05, 3.63) is 30.3 Å². The Balaban J connectivity index is 1.81. The van der Waals surface area contributed by atoms with E-state index in [9.17, 15) is 5.11 Å². The Kier molecular flexibility index (Phi) is 5.09. The number of ether oxygens (including phenoxy) is 1. The average molecular weight is 276 g/mol. The number of benzene rings is 1. The van der Waals surface area contributed by atoms with E-state index in [4.69, 9.17) is 4.74 Å². The third-order valence-corrected chi connectivity index (χ3v) is 4.67. The minimum Gasteiger partial charge on any atom is -0.494 e. The van der Waals surface area contributed by atoms with E-state index in [1.165, 1.54) is 0 Å². The van der Waals surface area contributed by atoms with E-state index in [0.717, 1.165) is 31.4 Å². The highest BCUT2D eigenvalue weighted by atomic mass is 16.5. The quantitative estimate of drug-likeness (QED) is 0.889. The number of aliphatic hydroxyl groups excluding tert-OH is 1. The highest BCUT2D eigenvalue weighted by molar-refractivity contribution is 5.20. The minimum absolute atomic E-state index is 0.145. The molecule has 112 valence electrons. The zero-order chi connectivity index (χ0) is 14.6. The van der Waals surface area contributed by atoms with E-state index in [0.29, 0.717) is 23.9 Å². The van der Waals surface area contributed by atoms with Gasteiger partial charge in [-0.15, -0.1) is 0 Å². The van der Waals surface area contributed by atoms with Crippen LogP contribution >= 0.6 is 0 Å². The summed E-state index contributed by atoms with van der Waals surface area (Å²) in [6, 6.07) is 9.93. The molecule has 0 amide bonds. The van der Waals surface area contributed by atoms with Crippen molar-refractivity contribution >= 4 is 0 Å². The van der Waals surface area contributed by atoms with Crippen LogP contribution in [-0.4, -0.2) is 17.8 Å². The summed E-state index contributed by atoms with van der Waals surface area (Å²) in [7, 11) is 0. The van der Waals surface area contributed by atoms with E-state index in [-0.39, 0.29) is 6.10 Å². The molecule has 2 rings (SSSR count). The molecule has 1 N–H and O–H groups in total. The highest BCUT2D eigenvalue weighted by Gasteiger charge is 2.34. The van der Waals surface area contributed by atoms with Gasteiger partial charge in [0.05, 0.1) is 12.7 Å². The molecule has 0 bridgehead atoms. The molecule has 1 fully saturated rings. The second-order valence-corrected chi connectivity index (χ2v) is 7.15. The molecule has 1 saturated carbocycles. The number of rotatable bonds is 4. The van der Waals surface area contributed by atoms with E-state index in [1.54, 1.807) is 0 Å². The molecule has 20 heavy (non-hydrogen) atoms. The highest BCUT2D eigenvalue weighted by Crippen LogP contribution is 2.41. The maximum absolute atomic E-state index is 10.2. The maximum atomic E-state index is 10.2. The van der Waals surface area contributed by atoms with Gasteiger partial charge in [0.25, 0.3) is 0 Å². The van der Waals surface area contributed by atoms with Gasteiger partial charge >= 0.3 is 0 Å². The van der Waals surface area contributed by atoms with Crippen LogP contribution in [0.3, 0.4) is 0 Å². The largest absolute Gasteiger partial charge is 0.494 e. The molecule has 0 aromatic heterocycles. The molecular formula is C18H28O2. The summed E-state index contributed by atoms with van der Waals surface area (Å²) in [5, 5.41) is 10.2. The summed E-state index contributed by atoms with van der Waals surface area (Å²) in [4.78, 5) is 0. The number of para-hydroxylation sites is 1. The first kappa shape index (κ1) is 15.4. The Hall–Kier alpha value is -1.02. The van der Waals surface area contributed by atoms with Crippen LogP contribution in [0.5, 0.6) is 5.75 Å². The smallest absolute Gasteiger partial charge is 0.119 e. The Morgan fingerprint density at radius 3 is 2.50 bits per heavy atom. The molecule has 1 aliphatic carbocycles. The van der Waals surface area contributed by atoms with Gasteiger partial charge in [0.1, 0.15) is 5.75 Å². The topological polar surface area (TPSA) is 29.5 Å². The van der Waals surface area contributed by atoms with Gasteiger partial charge in [0.2, 0.25) is 0 Å².